The van der Waals surface area contributed by atoms with E-state index in [1.807, 2.05) is 29.2 Å². The number of anilines is 1. The van der Waals surface area contributed by atoms with Crippen LogP contribution in [0.3, 0.4) is 0 Å². The molecule has 1 heterocycles. The summed E-state index contributed by atoms with van der Waals surface area (Å²) in [4.78, 5) is 15.4. The second-order valence-electron chi connectivity index (χ2n) is 8.13. The van der Waals surface area contributed by atoms with Gasteiger partial charge in [0.2, 0.25) is 10.0 Å². The Balaban J connectivity index is 1.75. The molecule has 0 spiro atoms. The first-order valence-corrected chi connectivity index (χ1v) is 12.6. The van der Waals surface area contributed by atoms with Crippen LogP contribution in [0.15, 0.2) is 47.4 Å². The van der Waals surface area contributed by atoms with E-state index in [9.17, 15) is 18.5 Å². The molecule has 2 aromatic rings. The maximum Gasteiger partial charge on any atom is 0.293 e. The number of halogens is 1. The lowest BCUT2D eigenvalue weighted by Gasteiger charge is -2.24. The lowest BCUT2D eigenvalue weighted by Crippen LogP contribution is -2.35. The van der Waals surface area contributed by atoms with E-state index in [0.29, 0.717) is 23.8 Å². The maximum atomic E-state index is 12.7. The Morgan fingerprint density at radius 1 is 1.15 bits per heavy atom. The number of nitro benzene ring substituents is 1. The van der Waals surface area contributed by atoms with Gasteiger partial charge in [-0.05, 0) is 43.2 Å². The second kappa shape index (κ2) is 11.3. The van der Waals surface area contributed by atoms with Gasteiger partial charge in [-0.25, -0.2) is 13.1 Å². The summed E-state index contributed by atoms with van der Waals surface area (Å²) in [6.07, 6.45) is 0.834. The average molecular weight is 497 g/mol. The number of hydrogen-bond donors (Lipinski definition) is 1. The fraction of sp³-hybridized carbons (Fsp3) is 0.455. The molecule has 9 nitrogen and oxygen atoms in total. The molecule has 0 aliphatic carbocycles. The fourth-order valence-corrected chi connectivity index (χ4v) is 5.29. The van der Waals surface area contributed by atoms with Crippen molar-refractivity contribution in [1.29, 1.82) is 0 Å². The van der Waals surface area contributed by atoms with Gasteiger partial charge in [0.25, 0.3) is 5.69 Å². The van der Waals surface area contributed by atoms with Crippen molar-refractivity contribution < 1.29 is 18.1 Å². The molecule has 0 aromatic heterocycles. The van der Waals surface area contributed by atoms with Crippen molar-refractivity contribution in [3.63, 3.8) is 0 Å². The Hall–Kier alpha value is -2.24. The van der Waals surface area contributed by atoms with Crippen molar-refractivity contribution >= 4 is 33.0 Å². The minimum absolute atomic E-state index is 0.139. The molecule has 180 valence electrons. The summed E-state index contributed by atoms with van der Waals surface area (Å²) in [5.74, 6) is 0. The summed E-state index contributed by atoms with van der Waals surface area (Å²) in [7, 11) is -2.44. The number of nitro groups is 1. The summed E-state index contributed by atoms with van der Waals surface area (Å²) in [6, 6.07) is 11.3. The third-order valence-corrected chi connectivity index (χ3v) is 7.31. The quantitative estimate of drug-likeness (QED) is 0.419. The van der Waals surface area contributed by atoms with Crippen LogP contribution in [0.1, 0.15) is 18.9 Å². The van der Waals surface area contributed by atoms with Crippen molar-refractivity contribution in [2.45, 2.75) is 30.8 Å². The number of benzene rings is 2. The molecule has 11 heteroatoms. The molecule has 33 heavy (non-hydrogen) atoms. The maximum absolute atomic E-state index is 12.7. The third-order valence-electron chi connectivity index (χ3n) is 5.48. The van der Waals surface area contributed by atoms with E-state index < -0.39 is 21.0 Å². The van der Waals surface area contributed by atoms with Crippen molar-refractivity contribution in [2.75, 3.05) is 44.8 Å². The van der Waals surface area contributed by atoms with Crippen LogP contribution in [0.5, 0.6) is 0 Å². The van der Waals surface area contributed by atoms with Gasteiger partial charge >= 0.3 is 0 Å². The van der Waals surface area contributed by atoms with Crippen LogP contribution in [0, 0.1) is 10.1 Å². The second-order valence-corrected chi connectivity index (χ2v) is 10.3. The largest absolute Gasteiger partial charge is 0.383 e. The highest BCUT2D eigenvalue weighted by Crippen LogP contribution is 2.31. The van der Waals surface area contributed by atoms with Gasteiger partial charge in [-0.3, -0.25) is 15.0 Å². The molecule has 0 amide bonds. The van der Waals surface area contributed by atoms with Crippen LogP contribution >= 0.6 is 11.6 Å². The van der Waals surface area contributed by atoms with Gasteiger partial charge in [-0.1, -0.05) is 23.7 Å². The van der Waals surface area contributed by atoms with Crippen molar-refractivity contribution in [2.24, 2.45) is 0 Å². The predicted molar refractivity (Wildman–Crippen MR) is 128 cm³/mol. The topological polar surface area (TPSA) is 105 Å². The van der Waals surface area contributed by atoms with Crippen LogP contribution in [-0.4, -0.2) is 64.2 Å². The van der Waals surface area contributed by atoms with Crippen molar-refractivity contribution in [3.8, 4) is 0 Å². The Labute approximate surface area is 199 Å². The molecular formula is C22H29ClN4O5S. The minimum atomic E-state index is -3.91. The third kappa shape index (κ3) is 6.87. The molecule has 1 aliphatic heterocycles. The first-order valence-electron chi connectivity index (χ1n) is 10.7. The number of methoxy groups -OCH3 is 1. The van der Waals surface area contributed by atoms with Gasteiger partial charge in [0, 0.05) is 57.0 Å². The van der Waals surface area contributed by atoms with E-state index in [2.05, 4.69) is 9.62 Å². The van der Waals surface area contributed by atoms with Crippen LogP contribution in [0.2, 0.25) is 5.02 Å². The normalized spacial score (nSPS) is 16.4. The van der Waals surface area contributed by atoms with E-state index in [1.54, 1.807) is 6.92 Å². The standard InChI is InChI=1S/C22H29ClN4O5S/c1-17(16-32-2)24-33(30,31)20-8-9-21(22(14-20)27(28)29)26-11-3-10-25(12-13-26)15-18-4-6-19(23)7-5-18/h4-9,14,17,24H,3,10-13,15-16H2,1-2H3. The Morgan fingerprint density at radius 2 is 1.88 bits per heavy atom. The summed E-state index contributed by atoms with van der Waals surface area (Å²) in [5, 5.41) is 12.5. The molecule has 1 unspecified atom stereocenters. The Kier molecular flexibility index (Phi) is 8.66. The van der Waals surface area contributed by atoms with Gasteiger partial charge in [-0.2, -0.15) is 0 Å². The summed E-state index contributed by atoms with van der Waals surface area (Å²) in [5.41, 5.74) is 1.37. The molecule has 2 aromatic carbocycles. The predicted octanol–water partition coefficient (Wildman–Crippen LogP) is 3.27. The van der Waals surface area contributed by atoms with E-state index in [4.69, 9.17) is 16.3 Å². The van der Waals surface area contributed by atoms with Crippen molar-refractivity contribution in [1.82, 2.24) is 9.62 Å². The smallest absolute Gasteiger partial charge is 0.293 e. The Bertz CT molecular complexity index is 1060. The highest BCUT2D eigenvalue weighted by atomic mass is 35.5. The molecular weight excluding hydrogens is 468 g/mol. The molecule has 1 aliphatic rings. The highest BCUT2D eigenvalue weighted by molar-refractivity contribution is 7.89. The zero-order chi connectivity index (χ0) is 24.0. The van der Waals surface area contributed by atoms with Gasteiger partial charge < -0.3 is 9.64 Å². The fourth-order valence-electron chi connectivity index (χ4n) is 3.92. The lowest BCUT2D eigenvalue weighted by atomic mass is 10.2. The number of sulfonamides is 1. The van der Waals surface area contributed by atoms with Crippen molar-refractivity contribution in [3.05, 3.63) is 63.2 Å². The zero-order valence-electron chi connectivity index (χ0n) is 18.7. The summed E-state index contributed by atoms with van der Waals surface area (Å²) < 4.78 is 32.7. The van der Waals surface area contributed by atoms with Gasteiger partial charge in [-0.15, -0.1) is 0 Å². The van der Waals surface area contributed by atoms with E-state index in [1.165, 1.54) is 19.2 Å². The molecule has 1 saturated heterocycles. The minimum Gasteiger partial charge on any atom is -0.383 e. The molecule has 1 N–H and O–H groups in total. The van der Waals surface area contributed by atoms with E-state index in [0.717, 1.165) is 37.7 Å². The SMILES string of the molecule is COCC(C)NS(=O)(=O)c1ccc(N2CCCN(Cc3ccc(Cl)cc3)CC2)c([N+](=O)[O-])c1. The van der Waals surface area contributed by atoms with Crippen LogP contribution in [0.4, 0.5) is 11.4 Å². The summed E-state index contributed by atoms with van der Waals surface area (Å²) >= 11 is 5.96. The van der Waals surface area contributed by atoms with Crippen LogP contribution in [-0.2, 0) is 21.3 Å². The van der Waals surface area contributed by atoms with Gasteiger partial charge in [0.05, 0.1) is 16.4 Å². The monoisotopic (exact) mass is 496 g/mol. The molecule has 0 bridgehead atoms. The van der Waals surface area contributed by atoms with Crippen LogP contribution in [0.25, 0.3) is 0 Å². The molecule has 1 fully saturated rings. The highest BCUT2D eigenvalue weighted by Gasteiger charge is 2.26. The van der Waals surface area contributed by atoms with E-state index >= 15 is 0 Å². The lowest BCUT2D eigenvalue weighted by molar-refractivity contribution is -0.384. The van der Waals surface area contributed by atoms with Gasteiger partial charge in [0.1, 0.15) is 5.69 Å². The first-order chi connectivity index (χ1) is 15.7. The average Bonchev–Trinajstić information content (AvgIpc) is 3.00. The molecule has 1 atom stereocenters. The number of rotatable bonds is 9. The summed E-state index contributed by atoms with van der Waals surface area (Å²) in [6.45, 7) is 5.47. The number of ether oxygens (including phenoxy) is 1. The van der Waals surface area contributed by atoms with Gasteiger partial charge in [0.15, 0.2) is 0 Å². The number of nitrogens with one attached hydrogen (secondary N) is 1. The zero-order valence-corrected chi connectivity index (χ0v) is 20.3. The molecule has 0 radical (unpaired) electrons. The number of hydrogen-bond acceptors (Lipinski definition) is 7. The van der Waals surface area contributed by atoms with E-state index in [-0.39, 0.29) is 17.2 Å². The molecule has 3 rings (SSSR count). The number of nitrogens with zero attached hydrogens (tertiary/aromatic N) is 3. The van der Waals surface area contributed by atoms with Crippen LogP contribution < -0.4 is 9.62 Å². The Morgan fingerprint density at radius 3 is 2.55 bits per heavy atom. The molecule has 0 saturated carbocycles. The first kappa shape index (κ1) is 25.4.